The highest BCUT2D eigenvalue weighted by Crippen LogP contribution is 2.21. The Balaban J connectivity index is 2.29. The maximum atomic E-state index is 12.9. The number of esters is 2. The Hall–Kier alpha value is -1.92. The van der Waals surface area contributed by atoms with Crippen LogP contribution >= 0.6 is 0 Å². The van der Waals surface area contributed by atoms with E-state index >= 15 is 0 Å². The first-order chi connectivity index (χ1) is 26.8. The van der Waals surface area contributed by atoms with Gasteiger partial charge in [0.2, 0.25) is 0 Å². The van der Waals surface area contributed by atoms with E-state index in [2.05, 4.69) is 56.9 Å². The van der Waals surface area contributed by atoms with Gasteiger partial charge in [-0.3, -0.25) is 9.59 Å². The van der Waals surface area contributed by atoms with Gasteiger partial charge in [-0.1, -0.05) is 168 Å². The second kappa shape index (κ2) is 36.4. The number of carbonyl (C=O) groups excluding carboxylic acids is 2. The lowest BCUT2D eigenvalue weighted by Crippen LogP contribution is -2.29. The maximum absolute atomic E-state index is 12.9. The number of unbranched alkanes of at least 4 members (excludes halogenated alkanes) is 20. The van der Waals surface area contributed by atoms with Crippen LogP contribution in [0.4, 0.5) is 0 Å². The van der Waals surface area contributed by atoms with Gasteiger partial charge in [0.25, 0.3) is 0 Å². The molecule has 6 nitrogen and oxygen atoms in total. The number of ether oxygens (including phenoxy) is 2. The van der Waals surface area contributed by atoms with Gasteiger partial charge in [0.1, 0.15) is 6.10 Å². The minimum atomic E-state index is -0.252. The SMILES string of the molecule is CCCCCCCCCCCC(CCCCCCCCCCC)OC(=O)CCCCN(CCO)CCCCCCOC(=O)C(C)c1ccc(CC(C)C)cc1. The molecule has 0 aliphatic rings. The highest BCUT2D eigenvalue weighted by Gasteiger charge is 2.17. The summed E-state index contributed by atoms with van der Waals surface area (Å²) in [6.07, 6.45) is 33.1. The lowest BCUT2D eigenvalue weighted by atomic mass is 9.97. The van der Waals surface area contributed by atoms with Crippen molar-refractivity contribution in [1.29, 1.82) is 0 Å². The molecular weight excluding hydrogens is 683 g/mol. The van der Waals surface area contributed by atoms with E-state index in [1.807, 2.05) is 6.92 Å². The number of aliphatic hydroxyl groups excluding tert-OH is 1. The molecule has 0 heterocycles. The summed E-state index contributed by atoms with van der Waals surface area (Å²) in [7, 11) is 0. The third-order valence-electron chi connectivity index (χ3n) is 11.2. The molecule has 1 rings (SSSR count). The van der Waals surface area contributed by atoms with E-state index < -0.39 is 0 Å². The van der Waals surface area contributed by atoms with Crippen LogP contribution in [0.2, 0.25) is 0 Å². The fourth-order valence-electron chi connectivity index (χ4n) is 7.59. The highest BCUT2D eigenvalue weighted by molar-refractivity contribution is 5.77. The molecule has 0 saturated carbocycles. The summed E-state index contributed by atoms with van der Waals surface area (Å²) in [6, 6.07) is 8.37. The van der Waals surface area contributed by atoms with Crippen LogP contribution in [0.5, 0.6) is 0 Å². The molecule has 0 fully saturated rings. The summed E-state index contributed by atoms with van der Waals surface area (Å²) >= 11 is 0. The molecule has 0 radical (unpaired) electrons. The molecule has 0 aliphatic carbocycles. The van der Waals surface area contributed by atoms with Crippen molar-refractivity contribution in [2.75, 3.05) is 32.8 Å². The maximum Gasteiger partial charge on any atom is 0.313 e. The van der Waals surface area contributed by atoms with Gasteiger partial charge in [-0.05, 0) is 94.8 Å². The number of carbonyl (C=O) groups is 2. The van der Waals surface area contributed by atoms with E-state index in [4.69, 9.17) is 9.47 Å². The number of rotatable bonds is 39. The van der Waals surface area contributed by atoms with Crippen molar-refractivity contribution < 1.29 is 24.2 Å². The molecule has 1 unspecified atom stereocenters. The fourth-order valence-corrected chi connectivity index (χ4v) is 7.59. The summed E-state index contributed by atoms with van der Waals surface area (Å²) in [5, 5.41) is 9.64. The second-order valence-corrected chi connectivity index (χ2v) is 17.0. The fraction of sp³-hybridized carbons (Fsp3) is 0.837. The summed E-state index contributed by atoms with van der Waals surface area (Å²) in [4.78, 5) is 27.9. The van der Waals surface area contributed by atoms with Crippen molar-refractivity contribution in [2.45, 2.75) is 226 Å². The Morgan fingerprint density at radius 1 is 0.600 bits per heavy atom. The predicted octanol–water partition coefficient (Wildman–Crippen LogP) is 13.3. The van der Waals surface area contributed by atoms with Crippen LogP contribution in [0.3, 0.4) is 0 Å². The van der Waals surface area contributed by atoms with Crippen molar-refractivity contribution in [1.82, 2.24) is 4.90 Å². The Labute approximate surface area is 340 Å². The number of hydrogen-bond acceptors (Lipinski definition) is 6. The smallest absolute Gasteiger partial charge is 0.313 e. The minimum Gasteiger partial charge on any atom is -0.465 e. The van der Waals surface area contributed by atoms with E-state index in [9.17, 15) is 14.7 Å². The third-order valence-corrected chi connectivity index (χ3v) is 11.2. The van der Waals surface area contributed by atoms with Gasteiger partial charge >= 0.3 is 11.9 Å². The monoisotopic (exact) mass is 772 g/mol. The van der Waals surface area contributed by atoms with Crippen molar-refractivity contribution in [3.63, 3.8) is 0 Å². The molecule has 1 aromatic carbocycles. The molecule has 55 heavy (non-hydrogen) atoms. The molecular formula is C49H89NO5. The molecule has 320 valence electrons. The van der Waals surface area contributed by atoms with Gasteiger partial charge in [0, 0.05) is 13.0 Å². The van der Waals surface area contributed by atoms with E-state index in [0.717, 1.165) is 76.4 Å². The van der Waals surface area contributed by atoms with Crippen LogP contribution in [0.25, 0.3) is 0 Å². The van der Waals surface area contributed by atoms with Crippen molar-refractivity contribution in [3.8, 4) is 0 Å². The normalized spacial score (nSPS) is 12.2. The molecule has 0 aliphatic heterocycles. The van der Waals surface area contributed by atoms with Crippen LogP contribution in [0.1, 0.15) is 225 Å². The van der Waals surface area contributed by atoms with E-state index in [-0.39, 0.29) is 30.6 Å². The average Bonchev–Trinajstić information content (AvgIpc) is 3.17. The Morgan fingerprint density at radius 3 is 1.58 bits per heavy atom. The number of benzene rings is 1. The zero-order valence-corrected chi connectivity index (χ0v) is 36.9. The summed E-state index contributed by atoms with van der Waals surface area (Å²) in [6.45, 7) is 14.0. The third kappa shape index (κ3) is 29.9. The zero-order valence-electron chi connectivity index (χ0n) is 36.9. The number of aliphatic hydroxyl groups is 1. The highest BCUT2D eigenvalue weighted by atomic mass is 16.5. The van der Waals surface area contributed by atoms with Crippen LogP contribution in [-0.4, -0.2) is 60.9 Å². The molecule has 0 spiro atoms. The lowest BCUT2D eigenvalue weighted by molar-refractivity contribution is -0.150. The molecule has 1 N–H and O–H groups in total. The molecule has 0 bridgehead atoms. The Bertz CT molecular complexity index is 989. The molecule has 1 atom stereocenters. The van der Waals surface area contributed by atoms with Gasteiger partial charge in [-0.15, -0.1) is 0 Å². The van der Waals surface area contributed by atoms with E-state index in [0.29, 0.717) is 25.5 Å². The molecule has 0 amide bonds. The van der Waals surface area contributed by atoms with Gasteiger partial charge in [0.15, 0.2) is 0 Å². The Morgan fingerprint density at radius 2 is 1.07 bits per heavy atom. The van der Waals surface area contributed by atoms with Crippen molar-refractivity contribution in [3.05, 3.63) is 35.4 Å². The number of hydrogen-bond donors (Lipinski definition) is 1. The topological polar surface area (TPSA) is 76.1 Å². The van der Waals surface area contributed by atoms with Crippen molar-refractivity contribution in [2.24, 2.45) is 5.92 Å². The van der Waals surface area contributed by atoms with E-state index in [1.54, 1.807) is 0 Å². The Kier molecular flexibility index (Phi) is 33.8. The lowest BCUT2D eigenvalue weighted by Gasteiger charge is -2.21. The first-order valence-corrected chi connectivity index (χ1v) is 23.6. The largest absolute Gasteiger partial charge is 0.465 e. The van der Waals surface area contributed by atoms with Crippen LogP contribution in [-0.2, 0) is 25.5 Å². The number of nitrogens with zero attached hydrogens (tertiary/aromatic N) is 1. The van der Waals surface area contributed by atoms with Crippen LogP contribution in [0, 0.1) is 5.92 Å². The van der Waals surface area contributed by atoms with Gasteiger partial charge in [0.05, 0.1) is 19.1 Å². The van der Waals surface area contributed by atoms with Crippen LogP contribution < -0.4 is 0 Å². The van der Waals surface area contributed by atoms with Crippen LogP contribution in [0.15, 0.2) is 24.3 Å². The first kappa shape index (κ1) is 51.1. The van der Waals surface area contributed by atoms with E-state index in [1.165, 1.54) is 121 Å². The van der Waals surface area contributed by atoms with Gasteiger partial charge in [-0.25, -0.2) is 0 Å². The predicted molar refractivity (Wildman–Crippen MR) is 234 cm³/mol. The summed E-state index contributed by atoms with van der Waals surface area (Å²) < 4.78 is 11.7. The van der Waals surface area contributed by atoms with Crippen molar-refractivity contribution >= 4 is 11.9 Å². The van der Waals surface area contributed by atoms with Gasteiger partial charge in [-0.2, -0.15) is 0 Å². The quantitative estimate of drug-likeness (QED) is 0.0531. The molecule has 0 saturated heterocycles. The van der Waals surface area contributed by atoms with Gasteiger partial charge < -0.3 is 19.5 Å². The zero-order chi connectivity index (χ0) is 40.2. The standard InChI is InChI=1S/C49H89NO5/c1-6-8-10-12-14-16-18-20-24-30-47(31-25-21-19-17-15-13-11-9-7-2)55-48(52)32-26-28-38-50(39-40-51)37-27-22-23-29-41-54-49(53)44(5)46-35-33-45(34-36-46)42-43(3)4/h33-36,43-44,47,51H,6-32,37-42H2,1-5H3. The second-order valence-electron chi connectivity index (χ2n) is 17.0. The minimum absolute atomic E-state index is 0.0276. The molecule has 1 aromatic rings. The average molecular weight is 772 g/mol. The first-order valence-electron chi connectivity index (χ1n) is 23.6. The molecule has 0 aromatic heterocycles. The molecule has 6 heteroatoms. The summed E-state index contributed by atoms with van der Waals surface area (Å²) in [5.41, 5.74) is 2.32. The summed E-state index contributed by atoms with van der Waals surface area (Å²) in [5.74, 6) is 0.185.